The number of ether oxygens (including phenoxy) is 1. The standard InChI is InChI=1S/C19H14F2O3S/c1-11-9-16(22)19(24-17-8-5-13(20)10-15(17)21)18(23-11)12-3-6-14(25-2)7-4-12/h3-10H,1-2H3. The van der Waals surface area contributed by atoms with Crippen LogP contribution in [0.2, 0.25) is 0 Å². The summed E-state index contributed by atoms with van der Waals surface area (Å²) in [6, 6.07) is 11.5. The first kappa shape index (κ1) is 17.2. The van der Waals surface area contributed by atoms with Gasteiger partial charge in [0.25, 0.3) is 0 Å². The quantitative estimate of drug-likeness (QED) is 0.584. The molecular formula is C19H14F2O3S. The summed E-state index contributed by atoms with van der Waals surface area (Å²) in [5.41, 5.74) is 0.174. The summed E-state index contributed by atoms with van der Waals surface area (Å²) in [4.78, 5) is 13.4. The fraction of sp³-hybridized carbons (Fsp3) is 0.105. The molecule has 0 fully saturated rings. The van der Waals surface area contributed by atoms with Crippen molar-refractivity contribution < 1.29 is 17.9 Å². The maximum atomic E-state index is 13.9. The number of rotatable bonds is 4. The van der Waals surface area contributed by atoms with Crippen LogP contribution in [0.15, 0.2) is 62.6 Å². The lowest BCUT2D eigenvalue weighted by molar-refractivity contribution is 0.412. The first-order valence-corrected chi connectivity index (χ1v) is 8.62. The van der Waals surface area contributed by atoms with Crippen molar-refractivity contribution in [2.45, 2.75) is 11.8 Å². The highest BCUT2D eigenvalue weighted by Crippen LogP contribution is 2.33. The van der Waals surface area contributed by atoms with Crippen LogP contribution in [0, 0.1) is 18.6 Å². The van der Waals surface area contributed by atoms with Gasteiger partial charge in [-0.05, 0) is 49.6 Å². The Morgan fingerprint density at radius 2 is 1.76 bits per heavy atom. The van der Waals surface area contributed by atoms with E-state index in [4.69, 9.17) is 9.15 Å². The van der Waals surface area contributed by atoms with Crippen LogP contribution >= 0.6 is 11.8 Å². The molecule has 2 aromatic carbocycles. The van der Waals surface area contributed by atoms with Gasteiger partial charge in [0, 0.05) is 22.6 Å². The Morgan fingerprint density at radius 3 is 2.40 bits per heavy atom. The van der Waals surface area contributed by atoms with Gasteiger partial charge in [0.05, 0.1) is 0 Å². The normalized spacial score (nSPS) is 10.7. The Bertz CT molecular complexity index is 965. The zero-order chi connectivity index (χ0) is 18.0. The number of hydrogen-bond acceptors (Lipinski definition) is 4. The van der Waals surface area contributed by atoms with Crippen molar-refractivity contribution in [3.63, 3.8) is 0 Å². The van der Waals surface area contributed by atoms with E-state index in [0.717, 1.165) is 17.0 Å². The highest BCUT2D eigenvalue weighted by Gasteiger charge is 2.17. The van der Waals surface area contributed by atoms with Crippen LogP contribution in [-0.2, 0) is 0 Å². The zero-order valence-corrected chi connectivity index (χ0v) is 14.3. The summed E-state index contributed by atoms with van der Waals surface area (Å²) in [5.74, 6) is -1.42. The molecule has 25 heavy (non-hydrogen) atoms. The van der Waals surface area contributed by atoms with E-state index in [1.165, 1.54) is 6.07 Å². The van der Waals surface area contributed by atoms with Crippen molar-refractivity contribution >= 4 is 11.8 Å². The summed E-state index contributed by atoms with van der Waals surface area (Å²) in [6.07, 6.45) is 1.95. The number of hydrogen-bond donors (Lipinski definition) is 0. The Kier molecular flexibility index (Phi) is 4.90. The minimum Gasteiger partial charge on any atom is -0.457 e. The Morgan fingerprint density at radius 1 is 1.04 bits per heavy atom. The van der Waals surface area contributed by atoms with E-state index >= 15 is 0 Å². The third-order valence-electron chi connectivity index (χ3n) is 3.49. The zero-order valence-electron chi connectivity index (χ0n) is 13.5. The second kappa shape index (κ2) is 7.11. The van der Waals surface area contributed by atoms with Crippen LogP contribution in [-0.4, -0.2) is 6.26 Å². The fourth-order valence-corrected chi connectivity index (χ4v) is 2.70. The smallest absolute Gasteiger partial charge is 0.228 e. The van der Waals surface area contributed by atoms with Crippen LogP contribution in [0.1, 0.15) is 5.76 Å². The third-order valence-corrected chi connectivity index (χ3v) is 4.23. The SMILES string of the molecule is CSc1ccc(-c2oc(C)cc(=O)c2Oc2ccc(F)cc2F)cc1. The van der Waals surface area contributed by atoms with Crippen LogP contribution in [0.3, 0.4) is 0 Å². The molecule has 0 bridgehead atoms. The fourth-order valence-electron chi connectivity index (χ4n) is 2.30. The molecule has 0 aliphatic carbocycles. The van der Waals surface area contributed by atoms with Gasteiger partial charge in [-0.3, -0.25) is 4.79 Å². The summed E-state index contributed by atoms with van der Waals surface area (Å²) >= 11 is 1.58. The van der Waals surface area contributed by atoms with Crippen molar-refractivity contribution in [2.75, 3.05) is 6.26 Å². The molecule has 0 spiro atoms. The van der Waals surface area contributed by atoms with Gasteiger partial charge in [-0.1, -0.05) is 0 Å². The van der Waals surface area contributed by atoms with Gasteiger partial charge in [-0.25, -0.2) is 8.78 Å². The van der Waals surface area contributed by atoms with Crippen molar-refractivity contribution in [1.82, 2.24) is 0 Å². The lowest BCUT2D eigenvalue weighted by atomic mass is 10.1. The highest BCUT2D eigenvalue weighted by molar-refractivity contribution is 7.98. The lowest BCUT2D eigenvalue weighted by Crippen LogP contribution is -2.07. The minimum atomic E-state index is -0.899. The van der Waals surface area contributed by atoms with Crippen LogP contribution in [0.25, 0.3) is 11.3 Å². The molecule has 6 heteroatoms. The van der Waals surface area contributed by atoms with E-state index in [0.29, 0.717) is 17.4 Å². The molecule has 128 valence electrons. The first-order valence-electron chi connectivity index (χ1n) is 7.40. The Hall–Kier alpha value is -2.60. The average molecular weight is 360 g/mol. The largest absolute Gasteiger partial charge is 0.457 e. The molecule has 3 aromatic rings. The van der Waals surface area contributed by atoms with E-state index < -0.39 is 17.1 Å². The molecule has 0 unspecified atom stereocenters. The van der Waals surface area contributed by atoms with Crippen molar-refractivity contribution in [1.29, 1.82) is 0 Å². The van der Waals surface area contributed by atoms with E-state index in [1.807, 2.05) is 18.4 Å². The lowest BCUT2D eigenvalue weighted by Gasteiger charge is -2.11. The van der Waals surface area contributed by atoms with Gasteiger partial charge in [-0.2, -0.15) is 0 Å². The molecule has 0 atom stereocenters. The molecule has 0 amide bonds. The van der Waals surface area contributed by atoms with E-state index in [9.17, 15) is 13.6 Å². The molecule has 0 saturated carbocycles. The molecular weight excluding hydrogens is 346 g/mol. The predicted octanol–water partition coefficient (Wildman–Crippen LogP) is 5.41. The molecule has 0 saturated heterocycles. The number of thioether (sulfide) groups is 1. The Balaban J connectivity index is 2.10. The van der Waals surface area contributed by atoms with Gasteiger partial charge in [0.1, 0.15) is 11.6 Å². The van der Waals surface area contributed by atoms with Gasteiger partial charge < -0.3 is 9.15 Å². The number of aryl methyl sites for hydroxylation is 1. The maximum absolute atomic E-state index is 13.9. The van der Waals surface area contributed by atoms with E-state index in [2.05, 4.69) is 0 Å². The number of halogens is 2. The van der Waals surface area contributed by atoms with E-state index in [-0.39, 0.29) is 17.3 Å². The van der Waals surface area contributed by atoms with E-state index in [1.54, 1.807) is 30.8 Å². The highest BCUT2D eigenvalue weighted by atomic mass is 32.2. The summed E-state index contributed by atoms with van der Waals surface area (Å²) in [5, 5.41) is 0. The van der Waals surface area contributed by atoms with Crippen molar-refractivity contribution in [3.8, 4) is 22.8 Å². The summed E-state index contributed by atoms with van der Waals surface area (Å²) < 4.78 is 38.0. The number of benzene rings is 2. The summed E-state index contributed by atoms with van der Waals surface area (Å²) in [7, 11) is 0. The third kappa shape index (κ3) is 3.74. The minimum absolute atomic E-state index is 0.145. The molecule has 0 radical (unpaired) electrons. The van der Waals surface area contributed by atoms with Crippen molar-refractivity contribution in [3.05, 3.63) is 76.1 Å². The van der Waals surface area contributed by atoms with Crippen molar-refractivity contribution in [2.24, 2.45) is 0 Å². The molecule has 0 aliphatic rings. The molecule has 3 rings (SSSR count). The van der Waals surface area contributed by atoms with Gasteiger partial charge in [0.15, 0.2) is 17.3 Å². The van der Waals surface area contributed by atoms with Crippen LogP contribution < -0.4 is 10.2 Å². The summed E-state index contributed by atoms with van der Waals surface area (Å²) in [6.45, 7) is 1.64. The Labute approximate surface area is 147 Å². The van der Waals surface area contributed by atoms with Crippen LogP contribution in [0.5, 0.6) is 11.5 Å². The molecule has 0 aliphatic heterocycles. The average Bonchev–Trinajstić information content (AvgIpc) is 2.59. The molecule has 1 aromatic heterocycles. The first-order chi connectivity index (χ1) is 12.0. The molecule has 3 nitrogen and oxygen atoms in total. The monoisotopic (exact) mass is 360 g/mol. The molecule has 1 heterocycles. The maximum Gasteiger partial charge on any atom is 0.228 e. The second-order valence-corrected chi connectivity index (χ2v) is 6.16. The second-order valence-electron chi connectivity index (χ2n) is 5.28. The van der Waals surface area contributed by atoms with Gasteiger partial charge in [0.2, 0.25) is 11.2 Å². The predicted molar refractivity (Wildman–Crippen MR) is 93.4 cm³/mol. The van der Waals surface area contributed by atoms with Gasteiger partial charge in [-0.15, -0.1) is 11.8 Å². The van der Waals surface area contributed by atoms with Crippen LogP contribution in [0.4, 0.5) is 8.78 Å². The molecule has 0 N–H and O–H groups in total. The topological polar surface area (TPSA) is 39.4 Å². The van der Waals surface area contributed by atoms with Gasteiger partial charge >= 0.3 is 0 Å².